The highest BCUT2D eigenvalue weighted by atomic mass is 16.4. The maximum absolute atomic E-state index is 12.6. The minimum absolute atomic E-state index is 0.0527. The summed E-state index contributed by atoms with van der Waals surface area (Å²) in [6.45, 7) is -0.336. The summed E-state index contributed by atoms with van der Waals surface area (Å²) in [6.07, 6.45) is -0.983. The summed E-state index contributed by atoms with van der Waals surface area (Å²) in [6, 6.07) is -4.23. The van der Waals surface area contributed by atoms with Crippen LogP contribution in [0.4, 0.5) is 0 Å². The average Bonchev–Trinajstić information content (AvgIpc) is 2.71. The van der Waals surface area contributed by atoms with Crippen molar-refractivity contribution in [2.75, 3.05) is 13.1 Å². The van der Waals surface area contributed by atoms with Crippen LogP contribution in [0.5, 0.6) is 0 Å². The molecule has 0 aromatic carbocycles. The molecule has 0 saturated heterocycles. The number of hydrogen-bond acceptors (Lipinski definition) is 8. The molecule has 33 heavy (non-hydrogen) atoms. The predicted octanol–water partition coefficient (Wildman–Crippen LogP) is -5.32. The zero-order chi connectivity index (χ0) is 25.6. The first-order chi connectivity index (χ1) is 15.4. The molecule has 0 aliphatic heterocycles. The highest BCUT2D eigenvalue weighted by molar-refractivity contribution is 5.96. The van der Waals surface area contributed by atoms with Crippen LogP contribution in [0.25, 0.3) is 0 Å². The first-order valence-corrected chi connectivity index (χ1v) is 9.82. The number of hydrogen-bond donors (Lipinski definition) is 9. The van der Waals surface area contributed by atoms with Crippen LogP contribution in [0.15, 0.2) is 4.99 Å². The van der Waals surface area contributed by atoms with Crippen LogP contribution in [0, 0.1) is 0 Å². The van der Waals surface area contributed by atoms with Gasteiger partial charge in [0.25, 0.3) is 0 Å². The van der Waals surface area contributed by atoms with Crippen molar-refractivity contribution in [3.05, 3.63) is 0 Å². The van der Waals surface area contributed by atoms with Gasteiger partial charge < -0.3 is 49.7 Å². The maximum atomic E-state index is 12.6. The van der Waals surface area contributed by atoms with Crippen molar-refractivity contribution in [2.45, 2.75) is 50.2 Å². The fourth-order valence-electron chi connectivity index (χ4n) is 2.52. The van der Waals surface area contributed by atoms with E-state index in [9.17, 15) is 33.9 Å². The molecule has 0 spiro atoms. The van der Waals surface area contributed by atoms with Crippen LogP contribution in [-0.4, -0.2) is 77.8 Å². The van der Waals surface area contributed by atoms with Crippen molar-refractivity contribution in [1.29, 1.82) is 0 Å². The maximum Gasteiger partial charge on any atom is 0.326 e. The number of aliphatic imine (C=N–C) groups is 1. The molecule has 0 bridgehead atoms. The first kappa shape index (κ1) is 29.1. The summed E-state index contributed by atoms with van der Waals surface area (Å²) in [5.74, 6) is -5.91. The minimum atomic E-state index is -1.56. The SMILES string of the molecule is NCC(=O)NC(CCC(N)=O)C(=O)NC(CC(N)=O)C(=O)NC(CCCN=C(N)N)C(=O)O. The lowest BCUT2D eigenvalue weighted by atomic mass is 10.1. The van der Waals surface area contributed by atoms with E-state index in [-0.39, 0.29) is 38.2 Å². The summed E-state index contributed by atoms with van der Waals surface area (Å²) in [4.78, 5) is 74.4. The second-order valence-corrected chi connectivity index (χ2v) is 6.91. The molecular weight excluding hydrogens is 442 g/mol. The smallest absolute Gasteiger partial charge is 0.326 e. The summed E-state index contributed by atoms with van der Waals surface area (Å²) in [7, 11) is 0. The average molecular weight is 473 g/mol. The van der Waals surface area contributed by atoms with E-state index in [1.165, 1.54) is 0 Å². The van der Waals surface area contributed by atoms with Crippen LogP contribution in [-0.2, 0) is 28.8 Å². The molecule has 0 aromatic heterocycles. The summed E-state index contributed by atoms with van der Waals surface area (Å²) in [5, 5.41) is 16.0. The Morgan fingerprint density at radius 1 is 0.788 bits per heavy atom. The summed E-state index contributed by atoms with van der Waals surface area (Å²) in [5.41, 5.74) is 25.8. The lowest BCUT2D eigenvalue weighted by Crippen LogP contribution is -2.57. The molecule has 0 rings (SSSR count). The van der Waals surface area contributed by atoms with Crippen molar-refractivity contribution in [3.63, 3.8) is 0 Å². The van der Waals surface area contributed by atoms with Gasteiger partial charge in [0.1, 0.15) is 18.1 Å². The fourth-order valence-corrected chi connectivity index (χ4v) is 2.52. The molecule has 0 radical (unpaired) electrons. The number of amides is 5. The van der Waals surface area contributed by atoms with Crippen molar-refractivity contribution < 1.29 is 33.9 Å². The minimum Gasteiger partial charge on any atom is -0.480 e. The molecule has 0 aliphatic carbocycles. The third kappa shape index (κ3) is 13.1. The number of nitrogens with zero attached hydrogens (tertiary/aromatic N) is 1. The largest absolute Gasteiger partial charge is 0.480 e. The lowest BCUT2D eigenvalue weighted by Gasteiger charge is -2.23. The van der Waals surface area contributed by atoms with Gasteiger partial charge in [0.05, 0.1) is 13.0 Å². The Bertz CT molecular complexity index is 768. The number of guanidine groups is 1. The van der Waals surface area contributed by atoms with E-state index in [0.717, 1.165) is 0 Å². The van der Waals surface area contributed by atoms with E-state index in [1.807, 2.05) is 0 Å². The Kier molecular flexibility index (Phi) is 13.2. The van der Waals surface area contributed by atoms with Crippen molar-refractivity contribution in [2.24, 2.45) is 33.7 Å². The Balaban J connectivity index is 5.36. The monoisotopic (exact) mass is 473 g/mol. The Morgan fingerprint density at radius 3 is 1.85 bits per heavy atom. The lowest BCUT2D eigenvalue weighted by molar-refractivity contribution is -0.142. The number of nitrogens with two attached hydrogens (primary N) is 5. The van der Waals surface area contributed by atoms with Gasteiger partial charge in [0.2, 0.25) is 29.5 Å². The standard InChI is InChI=1S/C17H31N9O7/c18-7-13(29)24-8(3-4-11(19)27)14(30)26-10(6-12(20)28)15(31)25-9(16(32)33)2-1-5-23-17(21)22/h8-10H,1-7,18H2,(H2,19,27)(H2,20,28)(H,24,29)(H,25,31)(H,26,30)(H,32,33)(H4,21,22,23). The van der Waals surface area contributed by atoms with E-state index >= 15 is 0 Å². The topological polar surface area (TPSA) is 301 Å². The number of rotatable bonds is 16. The Morgan fingerprint density at radius 2 is 1.36 bits per heavy atom. The highest BCUT2D eigenvalue weighted by Crippen LogP contribution is 2.03. The number of carbonyl (C=O) groups excluding carboxylic acids is 5. The second kappa shape index (κ2) is 15.0. The zero-order valence-electron chi connectivity index (χ0n) is 17.9. The van der Waals surface area contributed by atoms with E-state index in [1.54, 1.807) is 0 Å². The van der Waals surface area contributed by atoms with Crippen LogP contribution < -0.4 is 44.6 Å². The van der Waals surface area contributed by atoms with E-state index in [0.29, 0.717) is 0 Å². The normalized spacial score (nSPS) is 13.0. The highest BCUT2D eigenvalue weighted by Gasteiger charge is 2.30. The Labute approximate surface area is 189 Å². The van der Waals surface area contributed by atoms with E-state index < -0.39 is 66.6 Å². The number of carboxylic acid groups (broad SMARTS) is 1. The van der Waals surface area contributed by atoms with Crippen LogP contribution >= 0.6 is 0 Å². The number of nitrogens with one attached hydrogen (secondary N) is 3. The van der Waals surface area contributed by atoms with Crippen LogP contribution in [0.1, 0.15) is 32.1 Å². The third-order valence-corrected chi connectivity index (χ3v) is 4.11. The van der Waals surface area contributed by atoms with Crippen molar-refractivity contribution in [1.82, 2.24) is 16.0 Å². The number of carbonyl (C=O) groups is 6. The van der Waals surface area contributed by atoms with Gasteiger partial charge in [-0.25, -0.2) is 4.79 Å². The number of primary amides is 2. The first-order valence-electron chi connectivity index (χ1n) is 9.82. The molecule has 0 saturated carbocycles. The molecule has 3 unspecified atom stereocenters. The van der Waals surface area contributed by atoms with E-state index in [2.05, 4.69) is 20.9 Å². The predicted molar refractivity (Wildman–Crippen MR) is 115 cm³/mol. The van der Waals surface area contributed by atoms with Gasteiger partial charge in [-0.1, -0.05) is 0 Å². The zero-order valence-corrected chi connectivity index (χ0v) is 17.9. The van der Waals surface area contributed by atoms with Gasteiger partial charge in [-0.2, -0.15) is 0 Å². The molecule has 0 fully saturated rings. The molecule has 0 heterocycles. The molecule has 3 atom stereocenters. The number of aliphatic carboxylic acids is 1. The molecule has 14 N–H and O–H groups in total. The van der Waals surface area contributed by atoms with Gasteiger partial charge in [-0.15, -0.1) is 0 Å². The molecule has 0 aliphatic rings. The molecular formula is C17H31N9O7. The number of carboxylic acids is 1. The van der Waals surface area contributed by atoms with Gasteiger partial charge in [-0.05, 0) is 19.3 Å². The quantitative estimate of drug-likeness (QED) is 0.0582. The molecule has 186 valence electrons. The van der Waals surface area contributed by atoms with Gasteiger partial charge >= 0.3 is 5.97 Å². The van der Waals surface area contributed by atoms with Gasteiger partial charge in [-0.3, -0.25) is 29.0 Å². The van der Waals surface area contributed by atoms with Crippen molar-refractivity contribution in [3.8, 4) is 0 Å². The van der Waals surface area contributed by atoms with Gasteiger partial charge in [0, 0.05) is 13.0 Å². The molecule has 16 nitrogen and oxygen atoms in total. The third-order valence-electron chi connectivity index (χ3n) is 4.11. The second-order valence-electron chi connectivity index (χ2n) is 6.91. The summed E-state index contributed by atoms with van der Waals surface area (Å²) >= 11 is 0. The Hall–Kier alpha value is -3.95. The molecule has 5 amide bonds. The molecule has 16 heteroatoms. The summed E-state index contributed by atoms with van der Waals surface area (Å²) < 4.78 is 0. The fraction of sp³-hybridized carbons (Fsp3) is 0.588. The van der Waals surface area contributed by atoms with Crippen molar-refractivity contribution >= 4 is 41.5 Å². The van der Waals surface area contributed by atoms with E-state index in [4.69, 9.17) is 28.7 Å². The van der Waals surface area contributed by atoms with Gasteiger partial charge in [0.15, 0.2) is 5.96 Å². The van der Waals surface area contributed by atoms with Crippen LogP contribution in [0.3, 0.4) is 0 Å². The van der Waals surface area contributed by atoms with Crippen LogP contribution in [0.2, 0.25) is 0 Å². The molecule has 0 aromatic rings.